The molecule has 1 aromatic heterocycles. The lowest BCUT2D eigenvalue weighted by molar-refractivity contribution is -0.00467. The van der Waals surface area contributed by atoms with E-state index >= 15 is 0 Å². The Balaban J connectivity index is 1.54. The Morgan fingerprint density at radius 2 is 2.07 bits per heavy atom. The molecular formula is C21H25N5O. The maximum Gasteiger partial charge on any atom is 0.0643 e. The highest BCUT2D eigenvalue weighted by Crippen LogP contribution is 2.18. The van der Waals surface area contributed by atoms with E-state index < -0.39 is 0 Å². The minimum absolute atomic E-state index is 0.524. The third-order valence-corrected chi connectivity index (χ3v) is 4.45. The SMILES string of the molecule is N=C/C(=C\N)c1ccncc1/C=C/Nc1ccc(CCNC2COC2)cc1. The molecule has 27 heavy (non-hydrogen) atoms. The van der Waals surface area contributed by atoms with Crippen molar-refractivity contribution < 1.29 is 4.74 Å². The van der Waals surface area contributed by atoms with Crippen LogP contribution in [0.25, 0.3) is 11.6 Å². The topological polar surface area (TPSA) is 96.1 Å². The van der Waals surface area contributed by atoms with E-state index in [4.69, 9.17) is 15.9 Å². The van der Waals surface area contributed by atoms with Gasteiger partial charge in [-0.25, -0.2) is 0 Å². The first-order chi connectivity index (χ1) is 13.3. The summed E-state index contributed by atoms with van der Waals surface area (Å²) in [5.74, 6) is 0. The summed E-state index contributed by atoms with van der Waals surface area (Å²) < 4.78 is 5.15. The number of ether oxygens (including phenoxy) is 1. The van der Waals surface area contributed by atoms with Gasteiger partial charge in [-0.15, -0.1) is 0 Å². The van der Waals surface area contributed by atoms with Crippen molar-refractivity contribution in [2.24, 2.45) is 5.73 Å². The summed E-state index contributed by atoms with van der Waals surface area (Å²) in [7, 11) is 0. The average Bonchev–Trinajstić information content (AvgIpc) is 2.67. The molecule has 0 atom stereocenters. The molecule has 0 spiro atoms. The van der Waals surface area contributed by atoms with Crippen LogP contribution in [0, 0.1) is 5.41 Å². The summed E-state index contributed by atoms with van der Waals surface area (Å²) in [4.78, 5) is 4.15. The van der Waals surface area contributed by atoms with E-state index in [1.165, 1.54) is 18.0 Å². The van der Waals surface area contributed by atoms with Gasteiger partial charge in [-0.1, -0.05) is 12.1 Å². The Morgan fingerprint density at radius 3 is 2.74 bits per heavy atom. The summed E-state index contributed by atoms with van der Waals surface area (Å²) in [5, 5.41) is 14.2. The standard InChI is InChI=1S/C21H25N5O/c22-11-18(12-23)21-7-8-24-13-17(21)6-10-25-19-3-1-16(2-4-19)5-9-26-20-14-27-15-20/h1-4,6-8,10-13,20,22,25-26H,5,9,14-15,23H2/b10-6+,18-12+,22-11?. The zero-order valence-corrected chi connectivity index (χ0v) is 15.2. The first-order valence-electron chi connectivity index (χ1n) is 9.00. The van der Waals surface area contributed by atoms with Crippen molar-refractivity contribution in [2.45, 2.75) is 12.5 Å². The van der Waals surface area contributed by atoms with Gasteiger partial charge in [-0.2, -0.15) is 0 Å². The number of hydrogen-bond acceptors (Lipinski definition) is 6. The molecule has 140 valence electrons. The molecule has 2 heterocycles. The highest BCUT2D eigenvalue weighted by molar-refractivity contribution is 6.09. The number of nitrogens with zero attached hydrogens (tertiary/aromatic N) is 1. The molecular weight excluding hydrogens is 338 g/mol. The van der Waals surface area contributed by atoms with Crippen LogP contribution in [0.15, 0.2) is 55.1 Å². The monoisotopic (exact) mass is 363 g/mol. The molecule has 6 nitrogen and oxygen atoms in total. The van der Waals surface area contributed by atoms with E-state index in [1.807, 2.05) is 18.3 Å². The predicted molar refractivity (Wildman–Crippen MR) is 111 cm³/mol. The molecule has 0 saturated carbocycles. The first-order valence-corrected chi connectivity index (χ1v) is 9.00. The Kier molecular flexibility index (Phi) is 6.73. The van der Waals surface area contributed by atoms with Crippen molar-refractivity contribution in [1.29, 1.82) is 5.41 Å². The molecule has 5 N–H and O–H groups in total. The van der Waals surface area contributed by atoms with Gasteiger partial charge < -0.3 is 26.5 Å². The lowest BCUT2D eigenvalue weighted by Crippen LogP contribution is -2.46. The van der Waals surface area contributed by atoms with Crippen molar-refractivity contribution in [1.82, 2.24) is 10.3 Å². The van der Waals surface area contributed by atoms with E-state index in [1.54, 1.807) is 12.4 Å². The lowest BCUT2D eigenvalue weighted by Gasteiger charge is -2.26. The van der Waals surface area contributed by atoms with Gasteiger partial charge in [0.05, 0.1) is 19.3 Å². The fourth-order valence-corrected chi connectivity index (χ4v) is 2.79. The van der Waals surface area contributed by atoms with Gasteiger partial charge in [-0.05, 0) is 48.4 Å². The number of rotatable bonds is 9. The number of nitrogens with one attached hydrogen (secondary N) is 3. The Morgan fingerprint density at radius 1 is 1.26 bits per heavy atom. The van der Waals surface area contributed by atoms with E-state index in [-0.39, 0.29) is 0 Å². The van der Waals surface area contributed by atoms with Crippen LogP contribution in [0.5, 0.6) is 0 Å². The molecule has 0 aliphatic carbocycles. The molecule has 6 heteroatoms. The van der Waals surface area contributed by atoms with Crippen LogP contribution in [0.2, 0.25) is 0 Å². The number of pyridine rings is 1. The summed E-state index contributed by atoms with van der Waals surface area (Å²) in [6.45, 7) is 2.63. The normalized spacial score (nSPS) is 14.9. The highest BCUT2D eigenvalue weighted by Gasteiger charge is 2.16. The molecule has 3 rings (SSSR count). The van der Waals surface area contributed by atoms with Crippen molar-refractivity contribution in [3.05, 3.63) is 71.8 Å². The molecule has 1 saturated heterocycles. The second-order valence-corrected chi connectivity index (χ2v) is 6.34. The molecule has 2 aromatic rings. The second-order valence-electron chi connectivity index (χ2n) is 6.34. The molecule has 0 amide bonds. The molecule has 0 bridgehead atoms. The van der Waals surface area contributed by atoms with E-state index in [2.05, 4.69) is 39.9 Å². The Labute approximate surface area is 159 Å². The molecule has 1 aliphatic heterocycles. The van der Waals surface area contributed by atoms with Crippen LogP contribution in [0.1, 0.15) is 16.7 Å². The lowest BCUT2D eigenvalue weighted by atomic mass is 10.0. The highest BCUT2D eigenvalue weighted by atomic mass is 16.5. The smallest absolute Gasteiger partial charge is 0.0643 e. The number of aromatic nitrogens is 1. The number of hydrogen-bond donors (Lipinski definition) is 4. The van der Waals surface area contributed by atoms with E-state index in [9.17, 15) is 0 Å². The van der Waals surface area contributed by atoms with Gasteiger partial charge in [0, 0.05) is 47.8 Å². The van der Waals surface area contributed by atoms with Crippen LogP contribution >= 0.6 is 0 Å². The van der Waals surface area contributed by atoms with Gasteiger partial charge in [-0.3, -0.25) is 4.98 Å². The van der Waals surface area contributed by atoms with Crippen LogP contribution in [-0.4, -0.2) is 37.0 Å². The minimum Gasteiger partial charge on any atom is -0.404 e. The van der Waals surface area contributed by atoms with Crippen molar-refractivity contribution in [2.75, 3.05) is 25.1 Å². The summed E-state index contributed by atoms with van der Waals surface area (Å²) in [5.41, 5.74) is 10.3. The zero-order valence-electron chi connectivity index (χ0n) is 15.2. The van der Waals surface area contributed by atoms with Gasteiger partial charge in [0.2, 0.25) is 0 Å². The van der Waals surface area contributed by atoms with Crippen LogP contribution < -0.4 is 16.4 Å². The van der Waals surface area contributed by atoms with Crippen LogP contribution in [0.3, 0.4) is 0 Å². The maximum absolute atomic E-state index is 7.47. The van der Waals surface area contributed by atoms with Gasteiger partial charge >= 0.3 is 0 Å². The second kappa shape index (κ2) is 9.66. The molecule has 1 aromatic carbocycles. The fraction of sp³-hybridized carbons (Fsp3) is 0.238. The Bertz CT molecular complexity index is 810. The Hall–Kier alpha value is -2.96. The third-order valence-electron chi connectivity index (χ3n) is 4.45. The fourth-order valence-electron chi connectivity index (χ4n) is 2.79. The summed E-state index contributed by atoms with van der Waals surface area (Å²) in [6, 6.07) is 10.8. The van der Waals surface area contributed by atoms with Crippen LogP contribution in [0.4, 0.5) is 5.69 Å². The first kappa shape index (κ1) is 18.8. The molecule has 0 unspecified atom stereocenters. The van der Waals surface area contributed by atoms with Crippen molar-refractivity contribution in [3.63, 3.8) is 0 Å². The molecule has 1 aliphatic rings. The van der Waals surface area contributed by atoms with E-state index in [0.29, 0.717) is 11.6 Å². The minimum atomic E-state index is 0.524. The third kappa shape index (κ3) is 5.26. The average molecular weight is 363 g/mol. The molecule has 0 radical (unpaired) electrons. The zero-order chi connectivity index (χ0) is 18.9. The molecule has 1 fully saturated rings. The maximum atomic E-state index is 7.47. The quantitative estimate of drug-likeness (QED) is 0.514. The number of nitrogens with two attached hydrogens (primary N) is 1. The van der Waals surface area contributed by atoms with Crippen LogP contribution in [-0.2, 0) is 11.2 Å². The van der Waals surface area contributed by atoms with Gasteiger partial charge in [0.25, 0.3) is 0 Å². The van der Waals surface area contributed by atoms with Crippen molar-refractivity contribution in [3.8, 4) is 0 Å². The van der Waals surface area contributed by atoms with E-state index in [0.717, 1.165) is 43.0 Å². The number of benzene rings is 1. The number of allylic oxidation sites excluding steroid dienone is 1. The number of anilines is 1. The summed E-state index contributed by atoms with van der Waals surface area (Å²) >= 11 is 0. The largest absolute Gasteiger partial charge is 0.404 e. The summed E-state index contributed by atoms with van der Waals surface area (Å²) in [6.07, 6.45) is 10.9. The predicted octanol–water partition coefficient (Wildman–Crippen LogP) is 2.64. The van der Waals surface area contributed by atoms with Crippen molar-refractivity contribution >= 4 is 23.6 Å². The van der Waals surface area contributed by atoms with Gasteiger partial charge in [0.1, 0.15) is 0 Å². The van der Waals surface area contributed by atoms with Gasteiger partial charge in [0.15, 0.2) is 0 Å².